The number of aromatic nitrogens is 2. The fourth-order valence-corrected chi connectivity index (χ4v) is 1.65. The van der Waals surface area contributed by atoms with Crippen LogP contribution in [0.1, 0.15) is 20.3 Å². The van der Waals surface area contributed by atoms with Gasteiger partial charge in [-0.25, -0.2) is 4.98 Å². The van der Waals surface area contributed by atoms with Crippen LogP contribution in [0.2, 0.25) is 0 Å². The molecule has 0 saturated carbocycles. The molecular weight excluding hydrogens is 234 g/mol. The third kappa shape index (κ3) is 3.32. The summed E-state index contributed by atoms with van der Waals surface area (Å²) in [6.07, 6.45) is 4.02. The predicted octanol–water partition coefficient (Wildman–Crippen LogP) is 0.653. The minimum atomic E-state index is -0.378. The van der Waals surface area contributed by atoms with Gasteiger partial charge in [-0.15, -0.1) is 0 Å². The van der Waals surface area contributed by atoms with Gasteiger partial charge in [-0.05, 0) is 13.3 Å². The molecule has 18 heavy (non-hydrogen) atoms. The van der Waals surface area contributed by atoms with E-state index in [0.717, 1.165) is 6.42 Å². The number of methoxy groups -OCH3 is 1. The molecule has 0 bridgehead atoms. The summed E-state index contributed by atoms with van der Waals surface area (Å²) in [5.41, 5.74) is -0.183. The number of anilines is 1. The second kappa shape index (κ2) is 6.78. The summed E-state index contributed by atoms with van der Waals surface area (Å²) in [6.45, 7) is 5.07. The average molecular weight is 253 g/mol. The van der Waals surface area contributed by atoms with Crippen LogP contribution in [0.15, 0.2) is 17.2 Å². The molecule has 0 saturated heterocycles. The first kappa shape index (κ1) is 14.2. The van der Waals surface area contributed by atoms with Crippen molar-refractivity contribution in [1.29, 1.82) is 0 Å². The normalized spacial score (nSPS) is 10.2. The second-order valence-electron chi connectivity index (χ2n) is 3.84. The van der Waals surface area contributed by atoms with Crippen LogP contribution >= 0.6 is 0 Å². The highest BCUT2D eigenvalue weighted by molar-refractivity contribution is 5.75. The third-order valence-electron chi connectivity index (χ3n) is 2.58. The molecule has 1 aromatic heterocycles. The molecule has 0 radical (unpaired) electrons. The molecule has 0 aliphatic carbocycles. The van der Waals surface area contributed by atoms with Gasteiger partial charge in [0.05, 0.1) is 7.11 Å². The first-order valence-corrected chi connectivity index (χ1v) is 6.01. The van der Waals surface area contributed by atoms with E-state index in [1.165, 1.54) is 7.11 Å². The maximum atomic E-state index is 12.1. The van der Waals surface area contributed by atoms with Crippen molar-refractivity contribution < 1.29 is 9.53 Å². The van der Waals surface area contributed by atoms with Crippen molar-refractivity contribution in [3.8, 4) is 0 Å². The molecule has 1 aromatic rings. The van der Waals surface area contributed by atoms with Crippen molar-refractivity contribution in [1.82, 2.24) is 9.55 Å². The van der Waals surface area contributed by atoms with E-state index in [-0.39, 0.29) is 18.1 Å². The number of ether oxygens (including phenoxy) is 1. The summed E-state index contributed by atoms with van der Waals surface area (Å²) in [6, 6.07) is 0. The Bertz CT molecular complexity index is 456. The Morgan fingerprint density at radius 2 is 2.22 bits per heavy atom. The van der Waals surface area contributed by atoms with E-state index in [1.807, 2.05) is 13.8 Å². The molecule has 0 N–H and O–H groups in total. The van der Waals surface area contributed by atoms with Crippen molar-refractivity contribution in [2.24, 2.45) is 0 Å². The lowest BCUT2D eigenvalue weighted by Crippen LogP contribution is -2.37. The molecule has 0 fully saturated rings. The molecular formula is C12H19N3O3. The average Bonchev–Trinajstić information content (AvgIpc) is 2.38. The van der Waals surface area contributed by atoms with Gasteiger partial charge in [0.2, 0.25) is 0 Å². The third-order valence-corrected chi connectivity index (χ3v) is 2.58. The number of hydrogen-bond acceptors (Lipinski definition) is 5. The van der Waals surface area contributed by atoms with Crippen molar-refractivity contribution in [2.45, 2.75) is 26.8 Å². The SMILES string of the molecule is CCCN(CC(=O)OC)c1nccn(CC)c1=O. The van der Waals surface area contributed by atoms with Gasteiger partial charge in [-0.1, -0.05) is 6.92 Å². The van der Waals surface area contributed by atoms with Crippen molar-refractivity contribution >= 4 is 11.8 Å². The first-order chi connectivity index (χ1) is 8.63. The van der Waals surface area contributed by atoms with E-state index < -0.39 is 0 Å². The van der Waals surface area contributed by atoms with Crippen LogP contribution in [0.5, 0.6) is 0 Å². The summed E-state index contributed by atoms with van der Waals surface area (Å²) in [5, 5.41) is 0. The van der Waals surface area contributed by atoms with E-state index in [4.69, 9.17) is 0 Å². The fraction of sp³-hybridized carbons (Fsp3) is 0.583. The van der Waals surface area contributed by atoms with E-state index in [0.29, 0.717) is 18.9 Å². The molecule has 6 heteroatoms. The van der Waals surface area contributed by atoms with E-state index in [1.54, 1.807) is 21.9 Å². The summed E-state index contributed by atoms with van der Waals surface area (Å²) >= 11 is 0. The van der Waals surface area contributed by atoms with Gasteiger partial charge < -0.3 is 14.2 Å². The van der Waals surface area contributed by atoms with Crippen LogP contribution < -0.4 is 10.5 Å². The minimum absolute atomic E-state index is 0.0420. The molecule has 0 unspecified atom stereocenters. The topological polar surface area (TPSA) is 64.4 Å². The van der Waals surface area contributed by atoms with Gasteiger partial charge in [0.1, 0.15) is 6.54 Å². The van der Waals surface area contributed by atoms with Gasteiger partial charge in [0.25, 0.3) is 5.56 Å². The molecule has 1 rings (SSSR count). The molecule has 0 amide bonds. The van der Waals surface area contributed by atoms with Crippen LogP contribution in [0.4, 0.5) is 5.82 Å². The minimum Gasteiger partial charge on any atom is -0.468 e. The summed E-state index contributed by atoms with van der Waals surface area (Å²) in [4.78, 5) is 29.2. The van der Waals surface area contributed by atoms with Crippen LogP contribution in [0.25, 0.3) is 0 Å². The van der Waals surface area contributed by atoms with Crippen molar-refractivity contribution in [3.63, 3.8) is 0 Å². The lowest BCUT2D eigenvalue weighted by atomic mass is 10.4. The van der Waals surface area contributed by atoms with Crippen LogP contribution in [-0.2, 0) is 16.1 Å². The molecule has 6 nitrogen and oxygen atoms in total. The molecule has 0 aromatic carbocycles. The Kier molecular flexibility index (Phi) is 5.35. The molecule has 1 heterocycles. The lowest BCUT2D eigenvalue weighted by Gasteiger charge is -2.21. The lowest BCUT2D eigenvalue weighted by molar-refractivity contribution is -0.138. The number of hydrogen-bond donors (Lipinski definition) is 0. The Labute approximate surface area is 106 Å². The first-order valence-electron chi connectivity index (χ1n) is 6.01. The van der Waals surface area contributed by atoms with Crippen LogP contribution in [0, 0.1) is 0 Å². The van der Waals surface area contributed by atoms with E-state index >= 15 is 0 Å². The van der Waals surface area contributed by atoms with E-state index in [2.05, 4.69) is 9.72 Å². The van der Waals surface area contributed by atoms with Gasteiger partial charge in [0, 0.05) is 25.5 Å². The number of carbonyl (C=O) groups excluding carboxylic acids is 1. The summed E-state index contributed by atoms with van der Waals surface area (Å²) in [7, 11) is 1.33. The van der Waals surface area contributed by atoms with Gasteiger partial charge >= 0.3 is 5.97 Å². The fourth-order valence-electron chi connectivity index (χ4n) is 1.65. The molecule has 0 aliphatic rings. The van der Waals surface area contributed by atoms with Crippen molar-refractivity contribution in [2.75, 3.05) is 25.1 Å². The molecule has 0 atom stereocenters. The Balaban J connectivity index is 3.05. The maximum absolute atomic E-state index is 12.1. The zero-order chi connectivity index (χ0) is 13.5. The smallest absolute Gasteiger partial charge is 0.325 e. The number of carbonyl (C=O) groups is 1. The number of esters is 1. The standard InChI is InChI=1S/C12H19N3O3/c1-4-7-15(9-10(16)18-3)11-12(17)14(5-2)8-6-13-11/h6,8H,4-5,7,9H2,1-3H3. The quantitative estimate of drug-likeness (QED) is 0.697. The second-order valence-corrected chi connectivity index (χ2v) is 3.84. The number of nitrogens with zero attached hydrogens (tertiary/aromatic N) is 3. The Hall–Kier alpha value is -1.85. The zero-order valence-electron chi connectivity index (χ0n) is 11.0. The number of aryl methyl sites for hydroxylation is 1. The van der Waals surface area contributed by atoms with E-state index in [9.17, 15) is 9.59 Å². The highest BCUT2D eigenvalue weighted by atomic mass is 16.5. The van der Waals surface area contributed by atoms with Crippen LogP contribution in [-0.4, -0.2) is 35.7 Å². The molecule has 0 spiro atoms. The maximum Gasteiger partial charge on any atom is 0.325 e. The Morgan fingerprint density at radius 3 is 2.78 bits per heavy atom. The van der Waals surface area contributed by atoms with Crippen molar-refractivity contribution in [3.05, 3.63) is 22.7 Å². The highest BCUT2D eigenvalue weighted by Gasteiger charge is 2.16. The Morgan fingerprint density at radius 1 is 1.50 bits per heavy atom. The van der Waals surface area contributed by atoms with Gasteiger partial charge in [-0.2, -0.15) is 0 Å². The number of rotatable bonds is 6. The summed E-state index contributed by atoms with van der Waals surface area (Å²) in [5.74, 6) is -0.0804. The van der Waals surface area contributed by atoms with Gasteiger partial charge in [-0.3, -0.25) is 9.59 Å². The molecule has 100 valence electrons. The van der Waals surface area contributed by atoms with Crippen LogP contribution in [0.3, 0.4) is 0 Å². The largest absolute Gasteiger partial charge is 0.468 e. The monoisotopic (exact) mass is 253 g/mol. The molecule has 0 aliphatic heterocycles. The summed E-state index contributed by atoms with van der Waals surface area (Å²) < 4.78 is 6.19. The predicted molar refractivity (Wildman–Crippen MR) is 68.7 cm³/mol. The highest BCUT2D eigenvalue weighted by Crippen LogP contribution is 2.04. The zero-order valence-corrected chi connectivity index (χ0v) is 11.0. The van der Waals surface area contributed by atoms with Gasteiger partial charge in [0.15, 0.2) is 5.82 Å².